The van der Waals surface area contributed by atoms with E-state index in [4.69, 9.17) is 11.5 Å². The Morgan fingerprint density at radius 3 is 1.69 bits per heavy atom. The van der Waals surface area contributed by atoms with Crippen molar-refractivity contribution in [2.75, 3.05) is 23.8 Å². The molecule has 0 spiro atoms. The summed E-state index contributed by atoms with van der Waals surface area (Å²) in [6.07, 6.45) is 0. The molecule has 4 N–H and O–H groups in total. The smallest absolute Gasteiger partial charge is 0.744 e. The van der Waals surface area contributed by atoms with Gasteiger partial charge in [-0.25, -0.2) is 25.3 Å². The molecule has 0 aliphatic carbocycles. The maximum Gasteiger partial charge on any atom is 1.00 e. The second-order valence-electron chi connectivity index (χ2n) is 9.75. The van der Waals surface area contributed by atoms with Gasteiger partial charge in [0, 0.05) is 4.90 Å². The van der Waals surface area contributed by atoms with Crippen LogP contribution in [0.2, 0.25) is 0 Å². The van der Waals surface area contributed by atoms with Crippen LogP contribution in [0.3, 0.4) is 0 Å². The van der Waals surface area contributed by atoms with Gasteiger partial charge in [-0.15, -0.1) is 15.3 Å². The number of azo groups is 3. The quantitative estimate of drug-likeness (QED) is 0.0137. The molecule has 0 heterocycles. The van der Waals surface area contributed by atoms with Crippen molar-refractivity contribution in [2.45, 2.75) is 19.6 Å². The van der Waals surface area contributed by atoms with Gasteiger partial charge >= 0.3 is 118 Å². The Morgan fingerprint density at radius 1 is 0.603 bits per heavy atom. The molecule has 288 valence electrons. The Hall–Kier alpha value is -0.530. The van der Waals surface area contributed by atoms with Gasteiger partial charge in [-0.1, -0.05) is 0 Å². The van der Waals surface area contributed by atoms with E-state index in [9.17, 15) is 44.9 Å². The van der Waals surface area contributed by atoms with E-state index in [0.717, 1.165) is 18.2 Å². The SMILES string of the molecule is Nc1c(N=Nc2ccc(S(=O)(=O)CCOS(=O)(=O)[O-])cc2)cc(S(=O)(=O)[O-])c(N)c1N=Nc1ccc(N=Nc2ccc(SOO[O-])cc2)cc1SOO[O-].[Na+].[Na+].[Na+].[Na+]. The molecule has 0 aliphatic rings. The zero-order valence-electron chi connectivity index (χ0n) is 30.3. The van der Waals surface area contributed by atoms with Crippen LogP contribution in [0.4, 0.5) is 45.5 Å². The summed E-state index contributed by atoms with van der Waals surface area (Å²) in [4.78, 5) is -0.649. The topological polar surface area (TPSA) is 367 Å². The first-order valence-electron chi connectivity index (χ1n) is 13.9. The van der Waals surface area contributed by atoms with Crippen LogP contribution in [0.5, 0.6) is 0 Å². The fourth-order valence-corrected chi connectivity index (χ4v) is 6.78. The summed E-state index contributed by atoms with van der Waals surface area (Å²) in [5, 5.41) is 51.0. The maximum absolute atomic E-state index is 12.4. The first-order valence-corrected chi connectivity index (χ1v) is 19.7. The van der Waals surface area contributed by atoms with E-state index in [1.165, 1.54) is 30.3 Å². The summed E-state index contributed by atoms with van der Waals surface area (Å²) in [6, 6.07) is 15.7. The summed E-state index contributed by atoms with van der Waals surface area (Å²) < 4.78 is 105. The third-order valence-electron chi connectivity index (χ3n) is 6.27. The molecule has 0 unspecified atom stereocenters. The zero-order chi connectivity index (χ0) is 39.5. The molecule has 0 fully saturated rings. The number of hydrogen-bond acceptors (Lipinski definition) is 25. The molecule has 0 atom stereocenters. The number of sulfone groups is 1. The van der Waals surface area contributed by atoms with Crippen molar-refractivity contribution in [3.63, 3.8) is 0 Å². The molecule has 4 rings (SSSR count). The van der Waals surface area contributed by atoms with Crippen molar-refractivity contribution < 1.29 is 186 Å². The third-order valence-corrected chi connectivity index (χ3v) is 10.5. The molecule has 4 aromatic carbocycles. The molecule has 0 saturated heterocycles. The first kappa shape index (κ1) is 57.5. The standard InChI is InChI=1S/C26H24N8O15S5.4Na/c27-24-21(33-30-16-3-8-19(9-4-16)52(37,38)12-11-45-54(42,43)44)14-23(53(39,40)41)25(28)26(24)34-32-20-10-5-17(13-22(20)51-49-47-36)31-29-15-1-6-18(7-2-15)50-48-46-35;;;;/h1-10,13-14,35-36H,11-12,27-28H2,(H,39,40,41)(H,42,43,44);;;;/q;4*+1/p-4. The van der Waals surface area contributed by atoms with Crippen molar-refractivity contribution in [1.82, 2.24) is 0 Å². The fourth-order valence-electron chi connectivity index (χ4n) is 3.86. The molecule has 0 aliphatic heterocycles. The minimum Gasteiger partial charge on any atom is -0.744 e. The number of hydrogen-bond donors (Lipinski definition) is 2. The van der Waals surface area contributed by atoms with Crippen LogP contribution >= 0.6 is 24.1 Å². The number of benzene rings is 4. The van der Waals surface area contributed by atoms with Gasteiger partial charge in [-0.3, -0.25) is 14.3 Å². The largest absolute Gasteiger partial charge is 1.00 e. The number of nitrogen functional groups attached to an aromatic ring is 2. The number of anilines is 2. The summed E-state index contributed by atoms with van der Waals surface area (Å²) in [7, 11) is -14.4. The molecule has 0 aromatic heterocycles. The van der Waals surface area contributed by atoms with E-state index in [1.54, 1.807) is 24.3 Å². The predicted molar refractivity (Wildman–Crippen MR) is 179 cm³/mol. The first-order chi connectivity index (χ1) is 25.5. The third kappa shape index (κ3) is 18.1. The molecule has 0 saturated carbocycles. The molecular formula is C26H20N8Na4O15S5. The number of nitrogens with two attached hydrogens (primary N) is 2. The van der Waals surface area contributed by atoms with E-state index >= 15 is 0 Å². The minimum atomic E-state index is -5.25. The van der Waals surface area contributed by atoms with Gasteiger partial charge in [0.05, 0.1) is 79.6 Å². The van der Waals surface area contributed by atoms with E-state index in [1.807, 2.05) is 0 Å². The van der Waals surface area contributed by atoms with Crippen molar-refractivity contribution in [3.05, 3.63) is 72.8 Å². The minimum absolute atomic E-state index is 0. The Kier molecular flexibility index (Phi) is 26.6. The molecule has 4 aromatic rings. The molecule has 0 amide bonds. The van der Waals surface area contributed by atoms with Crippen molar-refractivity contribution in [2.24, 2.45) is 30.7 Å². The molecule has 58 heavy (non-hydrogen) atoms. The van der Waals surface area contributed by atoms with Crippen LogP contribution in [0.25, 0.3) is 0 Å². The average molecular weight is 937 g/mol. The summed E-state index contributed by atoms with van der Waals surface area (Å²) in [5.74, 6) is -0.829. The van der Waals surface area contributed by atoms with Crippen LogP contribution in [-0.2, 0) is 53.3 Å². The van der Waals surface area contributed by atoms with E-state index in [0.29, 0.717) is 34.7 Å². The van der Waals surface area contributed by atoms with Gasteiger partial charge < -0.3 is 31.1 Å². The van der Waals surface area contributed by atoms with E-state index in [2.05, 4.69) is 53.6 Å². The van der Waals surface area contributed by atoms with Crippen LogP contribution in [-0.4, -0.2) is 46.7 Å². The summed E-state index contributed by atoms with van der Waals surface area (Å²) >= 11 is 1.07. The normalized spacial score (nSPS) is 11.9. The van der Waals surface area contributed by atoms with Crippen molar-refractivity contribution in [3.8, 4) is 0 Å². The van der Waals surface area contributed by atoms with Crippen molar-refractivity contribution in [1.29, 1.82) is 0 Å². The molecule has 32 heteroatoms. The zero-order valence-corrected chi connectivity index (χ0v) is 42.4. The van der Waals surface area contributed by atoms with Gasteiger partial charge in [0.15, 0.2) is 9.84 Å². The Morgan fingerprint density at radius 2 is 1.12 bits per heavy atom. The summed E-state index contributed by atoms with van der Waals surface area (Å²) in [5.41, 5.74) is 10.7. The van der Waals surface area contributed by atoms with Gasteiger partial charge in [-0.05, 0) is 72.8 Å². The number of rotatable bonds is 18. The number of nitrogens with zero attached hydrogens (tertiary/aromatic N) is 6. The van der Waals surface area contributed by atoms with Gasteiger partial charge in [0.25, 0.3) is 0 Å². The predicted octanol–water partition coefficient (Wildman–Crippen LogP) is -8.27. The fraction of sp³-hybridized carbons (Fsp3) is 0.0769. The molecule has 0 radical (unpaired) electrons. The van der Waals surface area contributed by atoms with Crippen LogP contribution < -0.4 is 140 Å². The molecule has 0 bridgehead atoms. The van der Waals surface area contributed by atoms with Gasteiger partial charge in [0.2, 0.25) is 10.4 Å². The average Bonchev–Trinajstić information content (AvgIpc) is 3.11. The van der Waals surface area contributed by atoms with Crippen molar-refractivity contribution >= 4 is 99.9 Å². The van der Waals surface area contributed by atoms with Crippen LogP contribution in [0.1, 0.15) is 0 Å². The van der Waals surface area contributed by atoms with Crippen LogP contribution in [0, 0.1) is 0 Å². The molecular weight excluding hydrogens is 917 g/mol. The maximum atomic E-state index is 12.4. The Balaban J connectivity index is 0.00000812. The molecule has 23 nitrogen and oxygen atoms in total. The second-order valence-corrected chi connectivity index (χ2v) is 15.8. The second kappa shape index (κ2) is 26.8. The van der Waals surface area contributed by atoms with E-state index in [-0.39, 0.29) is 145 Å². The Bertz CT molecular complexity index is 2400. The monoisotopic (exact) mass is 936 g/mol. The van der Waals surface area contributed by atoms with E-state index < -0.39 is 70.4 Å². The van der Waals surface area contributed by atoms with Crippen LogP contribution in [0.15, 0.2) is 123 Å². The van der Waals surface area contributed by atoms with Gasteiger partial charge in [-0.2, -0.15) is 24.0 Å². The Labute approximate surface area is 427 Å². The van der Waals surface area contributed by atoms with Gasteiger partial charge in [0.1, 0.15) is 27.2 Å². The summed E-state index contributed by atoms with van der Waals surface area (Å²) in [6.45, 7) is -0.910.